The van der Waals surface area contributed by atoms with Crippen molar-refractivity contribution < 1.29 is 37.3 Å². The minimum Gasteiger partial charge on any atom is -0.475 e. The molecule has 0 radical (unpaired) electrons. The maximum atomic E-state index is 12.3. The first-order valence-electron chi connectivity index (χ1n) is 10.5. The van der Waals surface area contributed by atoms with Crippen LogP contribution >= 0.6 is 11.8 Å². The van der Waals surface area contributed by atoms with Gasteiger partial charge in [-0.15, -0.1) is 11.8 Å². The molecule has 0 aromatic carbocycles. The van der Waals surface area contributed by atoms with Crippen LogP contribution in [-0.2, 0) is 25.7 Å². The molecule has 3 aliphatic rings. The van der Waals surface area contributed by atoms with Crippen LogP contribution in [0.2, 0.25) is 0 Å². The van der Waals surface area contributed by atoms with E-state index in [1.807, 2.05) is 34.9 Å². The number of carboxylic acids is 1. The van der Waals surface area contributed by atoms with Gasteiger partial charge in [-0.3, -0.25) is 9.78 Å². The van der Waals surface area contributed by atoms with Crippen molar-refractivity contribution in [1.82, 2.24) is 9.88 Å². The Balaban J connectivity index is 0.000000360. The molecule has 2 saturated heterocycles. The number of amides is 1. The Morgan fingerprint density at radius 2 is 1.88 bits per heavy atom. The van der Waals surface area contributed by atoms with Gasteiger partial charge in [0.1, 0.15) is 6.61 Å². The van der Waals surface area contributed by atoms with Crippen molar-refractivity contribution >= 4 is 23.6 Å². The van der Waals surface area contributed by atoms with E-state index < -0.39 is 12.1 Å². The van der Waals surface area contributed by atoms with E-state index in [4.69, 9.17) is 19.4 Å². The topological polar surface area (TPSA) is 89.0 Å². The number of carbonyl (C=O) groups excluding carboxylic acids is 1. The van der Waals surface area contributed by atoms with Crippen molar-refractivity contribution in [2.75, 3.05) is 25.4 Å². The van der Waals surface area contributed by atoms with Gasteiger partial charge >= 0.3 is 12.1 Å². The second-order valence-corrected chi connectivity index (χ2v) is 9.71. The quantitative estimate of drug-likeness (QED) is 0.674. The first-order chi connectivity index (χ1) is 15.2. The number of halogens is 3. The number of thioether (sulfide) groups is 1. The van der Waals surface area contributed by atoms with E-state index in [1.54, 1.807) is 6.20 Å². The second-order valence-electron chi connectivity index (χ2n) is 8.22. The molecule has 2 aliphatic heterocycles. The molecule has 1 aromatic rings. The Hall–Kier alpha value is -1.85. The molecule has 1 aliphatic carbocycles. The largest absolute Gasteiger partial charge is 0.490 e. The summed E-state index contributed by atoms with van der Waals surface area (Å²) in [5.41, 5.74) is 0.975. The molecule has 7 nitrogen and oxygen atoms in total. The van der Waals surface area contributed by atoms with Crippen molar-refractivity contribution in [1.29, 1.82) is 0 Å². The molecule has 0 bridgehead atoms. The maximum absolute atomic E-state index is 12.3. The zero-order valence-electron chi connectivity index (χ0n) is 17.6. The van der Waals surface area contributed by atoms with E-state index in [0.29, 0.717) is 12.7 Å². The van der Waals surface area contributed by atoms with E-state index in [9.17, 15) is 18.0 Å². The molecule has 1 amide bonds. The molecule has 1 unspecified atom stereocenters. The summed E-state index contributed by atoms with van der Waals surface area (Å²) in [6.45, 7) is 2.51. The standard InChI is InChI=1S/C19H26N2O3S.C2HF3O2/c22-18(11-24-16-6-1-2-7-16)21-13-19(14-21)9-17(12-25-19)23-10-15-5-3-4-8-20-15;3-2(4,5)1(6)7/h3-5,8,16-17H,1-2,6-7,9-14H2;(H,6,7). The molecule has 1 N–H and O–H groups in total. The summed E-state index contributed by atoms with van der Waals surface area (Å²) in [5, 5.41) is 7.12. The highest BCUT2D eigenvalue weighted by Crippen LogP contribution is 2.46. The number of likely N-dealkylation sites (tertiary alicyclic amines) is 1. The van der Waals surface area contributed by atoms with E-state index in [2.05, 4.69) is 4.98 Å². The van der Waals surface area contributed by atoms with Crippen LogP contribution < -0.4 is 0 Å². The number of hydrogen-bond donors (Lipinski definition) is 1. The minimum atomic E-state index is -5.08. The average molecular weight is 477 g/mol. The third-order valence-corrected chi connectivity index (χ3v) is 7.24. The lowest BCUT2D eigenvalue weighted by atomic mass is 9.93. The van der Waals surface area contributed by atoms with Gasteiger partial charge in [0, 0.05) is 25.0 Å². The number of nitrogens with zero attached hydrogens (tertiary/aromatic N) is 2. The van der Waals surface area contributed by atoms with E-state index in [-0.39, 0.29) is 23.4 Å². The fraction of sp³-hybridized carbons (Fsp3) is 0.667. The zero-order chi connectivity index (χ0) is 23.2. The molecule has 1 spiro atoms. The number of aliphatic carboxylic acids is 1. The molecule has 178 valence electrons. The summed E-state index contributed by atoms with van der Waals surface area (Å²) in [4.78, 5) is 27.4. The molecule has 4 rings (SSSR count). The summed E-state index contributed by atoms with van der Waals surface area (Å²) in [6, 6.07) is 5.89. The van der Waals surface area contributed by atoms with Crippen LogP contribution in [0.1, 0.15) is 37.8 Å². The molecule has 1 aromatic heterocycles. The third-order valence-electron chi connectivity index (χ3n) is 5.67. The summed E-state index contributed by atoms with van der Waals surface area (Å²) < 4.78 is 43.7. The van der Waals surface area contributed by atoms with E-state index >= 15 is 0 Å². The van der Waals surface area contributed by atoms with Gasteiger partial charge < -0.3 is 19.5 Å². The molecular weight excluding hydrogens is 449 g/mol. The lowest BCUT2D eigenvalue weighted by Gasteiger charge is -2.47. The number of pyridine rings is 1. The molecule has 1 saturated carbocycles. The van der Waals surface area contributed by atoms with Gasteiger partial charge in [0.05, 0.1) is 29.3 Å². The molecule has 32 heavy (non-hydrogen) atoms. The van der Waals surface area contributed by atoms with Crippen LogP contribution in [0.4, 0.5) is 13.2 Å². The third kappa shape index (κ3) is 7.08. The zero-order valence-corrected chi connectivity index (χ0v) is 18.4. The Kier molecular flexibility index (Phi) is 8.40. The van der Waals surface area contributed by atoms with Crippen LogP contribution in [0, 0.1) is 0 Å². The minimum absolute atomic E-state index is 0.149. The van der Waals surface area contributed by atoms with Gasteiger partial charge in [-0.2, -0.15) is 13.2 Å². The first kappa shape index (κ1) is 24.8. The van der Waals surface area contributed by atoms with Crippen LogP contribution in [0.3, 0.4) is 0 Å². The van der Waals surface area contributed by atoms with Crippen LogP contribution in [0.25, 0.3) is 0 Å². The van der Waals surface area contributed by atoms with Gasteiger partial charge in [-0.05, 0) is 31.4 Å². The number of carbonyl (C=O) groups is 2. The van der Waals surface area contributed by atoms with Crippen molar-refractivity contribution in [2.45, 2.75) is 61.8 Å². The van der Waals surface area contributed by atoms with Crippen molar-refractivity contribution in [3.63, 3.8) is 0 Å². The van der Waals surface area contributed by atoms with Crippen molar-refractivity contribution in [3.8, 4) is 0 Å². The number of ether oxygens (including phenoxy) is 2. The van der Waals surface area contributed by atoms with Crippen molar-refractivity contribution in [2.24, 2.45) is 0 Å². The number of carboxylic acid groups (broad SMARTS) is 1. The summed E-state index contributed by atoms with van der Waals surface area (Å²) >= 11 is 1.96. The lowest BCUT2D eigenvalue weighted by Crippen LogP contribution is -2.61. The highest BCUT2D eigenvalue weighted by atomic mass is 32.2. The Labute approximate surface area is 188 Å². The molecule has 3 fully saturated rings. The second kappa shape index (κ2) is 10.8. The van der Waals surface area contributed by atoms with Gasteiger partial charge in [-0.1, -0.05) is 18.9 Å². The summed E-state index contributed by atoms with van der Waals surface area (Å²) in [5.74, 6) is -1.60. The fourth-order valence-electron chi connectivity index (χ4n) is 3.98. The lowest BCUT2D eigenvalue weighted by molar-refractivity contribution is -0.192. The molecular formula is C21H27F3N2O5S. The number of hydrogen-bond acceptors (Lipinski definition) is 6. The monoisotopic (exact) mass is 476 g/mol. The van der Waals surface area contributed by atoms with Gasteiger partial charge in [-0.25, -0.2) is 4.79 Å². The Bertz CT molecular complexity index is 768. The summed E-state index contributed by atoms with van der Waals surface area (Å²) in [6.07, 6.45) is 3.02. The van der Waals surface area contributed by atoms with Crippen LogP contribution in [0.15, 0.2) is 24.4 Å². The predicted octanol–water partition coefficient (Wildman–Crippen LogP) is 3.28. The van der Waals surface area contributed by atoms with Gasteiger partial charge in [0.15, 0.2) is 0 Å². The number of alkyl halides is 3. The SMILES string of the molecule is O=C(COC1CCCC1)N1CC2(CC(OCc3ccccn3)CS2)C1.O=C(O)C(F)(F)F. The number of aromatic nitrogens is 1. The highest BCUT2D eigenvalue weighted by molar-refractivity contribution is 8.01. The van der Waals surface area contributed by atoms with Gasteiger partial charge in [0.2, 0.25) is 5.91 Å². The smallest absolute Gasteiger partial charge is 0.475 e. The molecule has 3 heterocycles. The number of rotatable bonds is 6. The normalized spacial score (nSPS) is 22.3. The first-order valence-corrected chi connectivity index (χ1v) is 11.5. The van der Waals surface area contributed by atoms with Crippen LogP contribution in [0.5, 0.6) is 0 Å². The van der Waals surface area contributed by atoms with E-state index in [1.165, 1.54) is 12.8 Å². The predicted molar refractivity (Wildman–Crippen MR) is 111 cm³/mol. The van der Waals surface area contributed by atoms with Crippen LogP contribution in [-0.4, -0.2) is 75.4 Å². The Morgan fingerprint density at radius 1 is 1.19 bits per heavy atom. The van der Waals surface area contributed by atoms with Gasteiger partial charge in [0.25, 0.3) is 0 Å². The molecule has 1 atom stereocenters. The maximum Gasteiger partial charge on any atom is 0.490 e. The summed E-state index contributed by atoms with van der Waals surface area (Å²) in [7, 11) is 0. The highest BCUT2D eigenvalue weighted by Gasteiger charge is 2.50. The van der Waals surface area contributed by atoms with Crippen molar-refractivity contribution in [3.05, 3.63) is 30.1 Å². The Morgan fingerprint density at radius 3 is 2.47 bits per heavy atom. The average Bonchev–Trinajstić information content (AvgIpc) is 3.40. The van der Waals surface area contributed by atoms with E-state index in [0.717, 1.165) is 43.8 Å². The fourth-order valence-corrected chi connectivity index (χ4v) is 5.53. The molecule has 11 heteroatoms.